The highest BCUT2D eigenvalue weighted by Gasteiger charge is 2.22. The van der Waals surface area contributed by atoms with Gasteiger partial charge in [0.1, 0.15) is 24.5 Å². The highest BCUT2D eigenvalue weighted by molar-refractivity contribution is 5.88. The molecule has 4 heterocycles. The van der Waals surface area contributed by atoms with Crippen LogP contribution >= 0.6 is 0 Å². The van der Waals surface area contributed by atoms with Crippen molar-refractivity contribution in [3.63, 3.8) is 0 Å². The summed E-state index contributed by atoms with van der Waals surface area (Å²) in [4.78, 5) is 30.1. The van der Waals surface area contributed by atoms with Gasteiger partial charge < -0.3 is 15.1 Å². The first-order valence-electron chi connectivity index (χ1n) is 10.5. The number of hydrogen-bond donors (Lipinski definition) is 1. The topological polar surface area (TPSA) is 92.1 Å². The standard InChI is InChI=1S/C21H28N8O/c1-16(2)6-8-23-19(30)14-29-21-17(13-26-29)20(24-15-25-21)28-11-9-27(10-12-28)18-5-3-4-7-22-18/h3-5,7,13,15-16H,6,8-12,14H2,1-2H3,(H,23,30). The Morgan fingerprint density at radius 1 is 1.10 bits per heavy atom. The molecule has 9 heteroatoms. The van der Waals surface area contributed by atoms with Gasteiger partial charge >= 0.3 is 0 Å². The third kappa shape index (κ3) is 4.50. The molecule has 3 aromatic rings. The molecule has 0 saturated carbocycles. The Kier molecular flexibility index (Phi) is 6.06. The maximum Gasteiger partial charge on any atom is 0.241 e. The summed E-state index contributed by atoms with van der Waals surface area (Å²) in [5.74, 6) is 2.38. The van der Waals surface area contributed by atoms with Crippen molar-refractivity contribution in [1.29, 1.82) is 0 Å². The molecule has 1 fully saturated rings. The van der Waals surface area contributed by atoms with Crippen LogP contribution in [0.2, 0.25) is 0 Å². The van der Waals surface area contributed by atoms with Crippen LogP contribution in [0.15, 0.2) is 36.9 Å². The van der Waals surface area contributed by atoms with Crippen LogP contribution in [0.3, 0.4) is 0 Å². The largest absolute Gasteiger partial charge is 0.354 e. The number of fused-ring (bicyclic) bond motifs is 1. The van der Waals surface area contributed by atoms with E-state index in [1.165, 1.54) is 0 Å². The first kappa shape index (κ1) is 20.1. The van der Waals surface area contributed by atoms with Crippen molar-refractivity contribution in [1.82, 2.24) is 30.0 Å². The molecule has 0 spiro atoms. The molecule has 1 N–H and O–H groups in total. The van der Waals surface area contributed by atoms with E-state index in [-0.39, 0.29) is 12.5 Å². The Balaban J connectivity index is 1.43. The molecule has 3 aromatic heterocycles. The van der Waals surface area contributed by atoms with E-state index in [0.29, 0.717) is 18.1 Å². The second-order valence-corrected chi connectivity index (χ2v) is 7.93. The predicted molar refractivity (Wildman–Crippen MR) is 116 cm³/mol. The van der Waals surface area contributed by atoms with Crippen molar-refractivity contribution in [2.24, 2.45) is 5.92 Å². The van der Waals surface area contributed by atoms with Crippen LogP contribution in [-0.4, -0.2) is 63.4 Å². The van der Waals surface area contributed by atoms with E-state index in [1.54, 1.807) is 17.2 Å². The fourth-order valence-electron chi connectivity index (χ4n) is 3.63. The number of carbonyl (C=O) groups excluding carboxylic acids is 1. The van der Waals surface area contributed by atoms with Crippen LogP contribution in [0.5, 0.6) is 0 Å². The molecule has 4 rings (SSSR count). The van der Waals surface area contributed by atoms with Gasteiger partial charge in [-0.3, -0.25) is 4.79 Å². The Morgan fingerprint density at radius 2 is 1.90 bits per heavy atom. The molecular weight excluding hydrogens is 380 g/mol. The molecule has 0 bridgehead atoms. The summed E-state index contributed by atoms with van der Waals surface area (Å²) in [5, 5.41) is 8.23. The van der Waals surface area contributed by atoms with Gasteiger partial charge in [-0.1, -0.05) is 19.9 Å². The first-order valence-corrected chi connectivity index (χ1v) is 10.5. The molecule has 0 unspecified atom stereocenters. The molecule has 1 amide bonds. The van der Waals surface area contributed by atoms with Gasteiger partial charge in [-0.25, -0.2) is 19.6 Å². The van der Waals surface area contributed by atoms with Gasteiger partial charge in [0.15, 0.2) is 5.65 Å². The number of anilines is 2. The number of nitrogens with one attached hydrogen (secondary N) is 1. The van der Waals surface area contributed by atoms with Crippen LogP contribution < -0.4 is 15.1 Å². The first-order chi connectivity index (χ1) is 14.6. The maximum atomic E-state index is 12.3. The summed E-state index contributed by atoms with van der Waals surface area (Å²) in [6, 6.07) is 5.98. The lowest BCUT2D eigenvalue weighted by molar-refractivity contribution is -0.121. The van der Waals surface area contributed by atoms with Crippen LogP contribution in [0, 0.1) is 5.92 Å². The molecule has 0 aliphatic carbocycles. The average molecular weight is 409 g/mol. The summed E-state index contributed by atoms with van der Waals surface area (Å²) in [7, 11) is 0. The Bertz CT molecular complexity index is 979. The fourth-order valence-corrected chi connectivity index (χ4v) is 3.63. The zero-order valence-corrected chi connectivity index (χ0v) is 17.5. The van der Waals surface area contributed by atoms with E-state index in [4.69, 9.17) is 0 Å². The Morgan fingerprint density at radius 3 is 2.63 bits per heavy atom. The molecule has 1 saturated heterocycles. The quantitative estimate of drug-likeness (QED) is 0.636. The van der Waals surface area contributed by atoms with E-state index in [0.717, 1.165) is 49.6 Å². The number of rotatable bonds is 7. The van der Waals surface area contributed by atoms with E-state index in [1.807, 2.05) is 24.4 Å². The van der Waals surface area contributed by atoms with Crippen LogP contribution in [0.25, 0.3) is 11.0 Å². The summed E-state index contributed by atoms with van der Waals surface area (Å²) in [6.45, 7) is 8.53. The van der Waals surface area contributed by atoms with Gasteiger partial charge in [-0.2, -0.15) is 5.10 Å². The van der Waals surface area contributed by atoms with Crippen molar-refractivity contribution in [2.75, 3.05) is 42.5 Å². The van der Waals surface area contributed by atoms with Crippen molar-refractivity contribution in [3.05, 3.63) is 36.9 Å². The fraction of sp³-hybridized carbons (Fsp3) is 0.476. The molecule has 0 radical (unpaired) electrons. The minimum Gasteiger partial charge on any atom is -0.354 e. The molecule has 1 aliphatic rings. The zero-order valence-electron chi connectivity index (χ0n) is 17.5. The number of aromatic nitrogens is 5. The van der Waals surface area contributed by atoms with Gasteiger partial charge in [0, 0.05) is 38.9 Å². The number of piperazine rings is 1. The monoisotopic (exact) mass is 408 g/mol. The molecule has 0 aromatic carbocycles. The molecule has 0 atom stereocenters. The van der Waals surface area contributed by atoms with Gasteiger partial charge in [0.05, 0.1) is 11.6 Å². The molecule has 9 nitrogen and oxygen atoms in total. The van der Waals surface area contributed by atoms with Crippen molar-refractivity contribution < 1.29 is 4.79 Å². The molecule has 30 heavy (non-hydrogen) atoms. The third-order valence-electron chi connectivity index (χ3n) is 5.30. The van der Waals surface area contributed by atoms with Crippen molar-refractivity contribution >= 4 is 28.6 Å². The number of carbonyl (C=O) groups is 1. The summed E-state index contributed by atoms with van der Waals surface area (Å²) in [6.07, 6.45) is 6.10. The smallest absolute Gasteiger partial charge is 0.241 e. The highest BCUT2D eigenvalue weighted by atomic mass is 16.2. The van der Waals surface area contributed by atoms with E-state index >= 15 is 0 Å². The lowest BCUT2D eigenvalue weighted by Crippen LogP contribution is -2.47. The SMILES string of the molecule is CC(C)CCNC(=O)Cn1ncc2c(N3CCN(c4ccccn4)CC3)ncnc21. The van der Waals surface area contributed by atoms with Gasteiger partial charge in [-0.15, -0.1) is 0 Å². The average Bonchev–Trinajstić information content (AvgIpc) is 3.17. The highest BCUT2D eigenvalue weighted by Crippen LogP contribution is 2.24. The zero-order chi connectivity index (χ0) is 20.9. The van der Waals surface area contributed by atoms with Crippen molar-refractivity contribution in [2.45, 2.75) is 26.8 Å². The summed E-state index contributed by atoms with van der Waals surface area (Å²) < 4.78 is 1.65. The second-order valence-electron chi connectivity index (χ2n) is 7.93. The van der Waals surface area contributed by atoms with Gasteiger partial charge in [0.2, 0.25) is 5.91 Å². The number of nitrogens with zero attached hydrogens (tertiary/aromatic N) is 7. The van der Waals surface area contributed by atoms with E-state index in [2.05, 4.69) is 49.0 Å². The molecule has 158 valence electrons. The van der Waals surface area contributed by atoms with Crippen molar-refractivity contribution in [3.8, 4) is 0 Å². The third-order valence-corrected chi connectivity index (χ3v) is 5.30. The Hall–Kier alpha value is -3.23. The lowest BCUT2D eigenvalue weighted by Gasteiger charge is -2.36. The van der Waals surface area contributed by atoms with Crippen LogP contribution in [0.1, 0.15) is 20.3 Å². The minimum atomic E-state index is -0.0511. The maximum absolute atomic E-state index is 12.3. The van der Waals surface area contributed by atoms with Gasteiger partial charge in [0.25, 0.3) is 0 Å². The lowest BCUT2D eigenvalue weighted by atomic mass is 10.1. The molecule has 1 aliphatic heterocycles. The van der Waals surface area contributed by atoms with E-state index in [9.17, 15) is 4.79 Å². The Labute approximate surface area is 176 Å². The summed E-state index contributed by atoms with van der Waals surface area (Å²) in [5.41, 5.74) is 0.686. The summed E-state index contributed by atoms with van der Waals surface area (Å²) >= 11 is 0. The van der Waals surface area contributed by atoms with Crippen LogP contribution in [0.4, 0.5) is 11.6 Å². The van der Waals surface area contributed by atoms with Gasteiger partial charge in [-0.05, 0) is 24.5 Å². The minimum absolute atomic E-state index is 0.0511. The molecular formula is C21H28N8O. The predicted octanol–water partition coefficient (Wildman–Crippen LogP) is 1.71. The number of amides is 1. The second kappa shape index (κ2) is 9.06. The number of hydrogen-bond acceptors (Lipinski definition) is 7. The number of pyridine rings is 1. The normalized spacial score (nSPS) is 14.5. The van der Waals surface area contributed by atoms with E-state index < -0.39 is 0 Å². The van der Waals surface area contributed by atoms with Crippen LogP contribution in [-0.2, 0) is 11.3 Å².